The molecule has 4 nitrogen and oxygen atoms in total. The monoisotopic (exact) mass is 308 g/mol. The van der Waals surface area contributed by atoms with Crippen LogP contribution in [-0.2, 0) is 19.0 Å². The van der Waals surface area contributed by atoms with Gasteiger partial charge in [0.15, 0.2) is 5.79 Å². The lowest BCUT2D eigenvalue weighted by Crippen LogP contribution is -2.30. The van der Waals surface area contributed by atoms with Crippen molar-refractivity contribution in [1.82, 2.24) is 0 Å². The summed E-state index contributed by atoms with van der Waals surface area (Å²) in [5, 5.41) is 0. The van der Waals surface area contributed by atoms with Gasteiger partial charge in [-0.3, -0.25) is 4.79 Å². The quantitative estimate of drug-likeness (QED) is 0.632. The second-order valence-corrected chi connectivity index (χ2v) is 6.99. The van der Waals surface area contributed by atoms with Gasteiger partial charge in [0.05, 0.1) is 12.5 Å². The first kappa shape index (κ1) is 14.9. The van der Waals surface area contributed by atoms with Gasteiger partial charge >= 0.3 is 5.97 Å². The second-order valence-electron chi connectivity index (χ2n) is 5.90. The Hall–Kier alpha value is -1.04. The number of thioether (sulfide) groups is 1. The van der Waals surface area contributed by atoms with Crippen LogP contribution in [0.1, 0.15) is 20.3 Å². The van der Waals surface area contributed by atoms with Crippen LogP contribution in [0.5, 0.6) is 0 Å². The van der Waals surface area contributed by atoms with E-state index in [1.807, 2.05) is 32.0 Å². The molecule has 0 amide bonds. The standard InChI is InChI=1S/C16H20O4S/c1-16(2)18-9-14(20-16)13-8-11(15(17)19-13)10-21-12-6-4-3-5-7-12/h3-7,11,13-14H,8-10H2,1-2H3/t11?,13?,14-/m1/s1. The zero-order valence-corrected chi connectivity index (χ0v) is 13.1. The van der Waals surface area contributed by atoms with E-state index < -0.39 is 5.79 Å². The molecule has 0 N–H and O–H groups in total. The number of esters is 1. The molecule has 0 aromatic heterocycles. The Balaban J connectivity index is 1.53. The molecule has 2 fully saturated rings. The molecular formula is C16H20O4S. The summed E-state index contributed by atoms with van der Waals surface area (Å²) in [4.78, 5) is 13.2. The van der Waals surface area contributed by atoms with Gasteiger partial charge in [0.25, 0.3) is 0 Å². The van der Waals surface area contributed by atoms with Crippen molar-refractivity contribution in [3.8, 4) is 0 Å². The molecule has 0 aliphatic carbocycles. The van der Waals surface area contributed by atoms with Crippen LogP contribution in [0.2, 0.25) is 0 Å². The second kappa shape index (κ2) is 5.99. The largest absolute Gasteiger partial charge is 0.459 e. The van der Waals surface area contributed by atoms with Crippen LogP contribution in [-0.4, -0.2) is 36.3 Å². The molecule has 2 aliphatic rings. The number of cyclic esters (lactones) is 1. The van der Waals surface area contributed by atoms with Crippen molar-refractivity contribution >= 4 is 17.7 Å². The predicted molar refractivity (Wildman–Crippen MR) is 80.1 cm³/mol. The average Bonchev–Trinajstić information content (AvgIpc) is 3.00. The number of carbonyl (C=O) groups excluding carboxylic acids is 1. The van der Waals surface area contributed by atoms with Gasteiger partial charge < -0.3 is 14.2 Å². The molecular weight excluding hydrogens is 288 g/mol. The first-order valence-electron chi connectivity index (χ1n) is 7.24. The molecule has 0 spiro atoms. The molecule has 114 valence electrons. The van der Waals surface area contributed by atoms with Gasteiger partial charge in [-0.25, -0.2) is 0 Å². The van der Waals surface area contributed by atoms with Gasteiger partial charge in [-0.05, 0) is 26.0 Å². The molecule has 3 atom stereocenters. The van der Waals surface area contributed by atoms with Crippen LogP contribution in [0.15, 0.2) is 35.2 Å². The summed E-state index contributed by atoms with van der Waals surface area (Å²) in [5.41, 5.74) is 0. The Morgan fingerprint density at radius 1 is 1.24 bits per heavy atom. The maximum Gasteiger partial charge on any atom is 0.310 e. The molecule has 2 heterocycles. The third-order valence-corrected chi connectivity index (χ3v) is 4.93. The minimum atomic E-state index is -0.575. The molecule has 2 unspecified atom stereocenters. The Kier molecular flexibility index (Phi) is 4.24. The molecule has 21 heavy (non-hydrogen) atoms. The summed E-state index contributed by atoms with van der Waals surface area (Å²) >= 11 is 1.69. The average molecular weight is 308 g/mol. The Morgan fingerprint density at radius 2 is 2.00 bits per heavy atom. The van der Waals surface area contributed by atoms with E-state index in [0.717, 1.165) is 5.75 Å². The van der Waals surface area contributed by atoms with Crippen molar-refractivity contribution in [2.24, 2.45) is 5.92 Å². The van der Waals surface area contributed by atoms with E-state index >= 15 is 0 Å². The molecule has 2 aliphatic heterocycles. The van der Waals surface area contributed by atoms with E-state index in [1.54, 1.807) is 11.8 Å². The molecule has 0 radical (unpaired) electrons. The van der Waals surface area contributed by atoms with E-state index in [-0.39, 0.29) is 24.1 Å². The van der Waals surface area contributed by atoms with Crippen molar-refractivity contribution in [2.75, 3.05) is 12.4 Å². The highest BCUT2D eigenvalue weighted by Gasteiger charge is 2.44. The van der Waals surface area contributed by atoms with Crippen LogP contribution in [0.25, 0.3) is 0 Å². The maximum atomic E-state index is 12.0. The van der Waals surface area contributed by atoms with Gasteiger partial charge in [-0.1, -0.05) is 18.2 Å². The van der Waals surface area contributed by atoms with Gasteiger partial charge in [-0.2, -0.15) is 0 Å². The fourth-order valence-corrected chi connectivity index (χ4v) is 3.66. The topological polar surface area (TPSA) is 44.8 Å². The Bertz CT molecular complexity index is 502. The van der Waals surface area contributed by atoms with Crippen molar-refractivity contribution in [2.45, 2.75) is 43.2 Å². The third kappa shape index (κ3) is 3.59. The lowest BCUT2D eigenvalue weighted by atomic mass is 10.0. The third-order valence-electron chi connectivity index (χ3n) is 3.76. The number of benzene rings is 1. The molecule has 0 bridgehead atoms. The van der Waals surface area contributed by atoms with Crippen molar-refractivity contribution < 1.29 is 19.0 Å². The number of hydrogen-bond donors (Lipinski definition) is 0. The lowest BCUT2D eigenvalue weighted by Gasteiger charge is -2.19. The summed E-state index contributed by atoms with van der Waals surface area (Å²) in [5.74, 6) is -0.00572. The van der Waals surface area contributed by atoms with Crippen molar-refractivity contribution in [3.05, 3.63) is 30.3 Å². The first-order valence-corrected chi connectivity index (χ1v) is 8.22. The van der Waals surface area contributed by atoms with E-state index in [2.05, 4.69) is 12.1 Å². The van der Waals surface area contributed by atoms with Crippen LogP contribution in [0.4, 0.5) is 0 Å². The van der Waals surface area contributed by atoms with Crippen molar-refractivity contribution in [3.63, 3.8) is 0 Å². The van der Waals surface area contributed by atoms with Gasteiger partial charge in [-0.15, -0.1) is 11.8 Å². The fraction of sp³-hybridized carbons (Fsp3) is 0.562. The van der Waals surface area contributed by atoms with Crippen LogP contribution in [0.3, 0.4) is 0 Å². The molecule has 1 aromatic carbocycles. The molecule has 1 aromatic rings. The fourth-order valence-electron chi connectivity index (χ4n) is 2.65. The zero-order chi connectivity index (χ0) is 14.9. The minimum Gasteiger partial charge on any atom is -0.459 e. The zero-order valence-electron chi connectivity index (χ0n) is 12.3. The highest BCUT2D eigenvalue weighted by Crippen LogP contribution is 2.34. The van der Waals surface area contributed by atoms with E-state index in [9.17, 15) is 4.79 Å². The predicted octanol–water partition coefficient (Wildman–Crippen LogP) is 2.86. The van der Waals surface area contributed by atoms with E-state index in [4.69, 9.17) is 14.2 Å². The van der Waals surface area contributed by atoms with Crippen LogP contribution in [0, 0.1) is 5.92 Å². The lowest BCUT2D eigenvalue weighted by molar-refractivity contribution is -0.162. The summed E-state index contributed by atoms with van der Waals surface area (Å²) < 4.78 is 16.8. The number of carbonyl (C=O) groups is 1. The molecule has 0 saturated carbocycles. The smallest absolute Gasteiger partial charge is 0.310 e. The van der Waals surface area contributed by atoms with Crippen LogP contribution < -0.4 is 0 Å². The maximum absolute atomic E-state index is 12.0. The molecule has 5 heteroatoms. The minimum absolute atomic E-state index is 0.0625. The summed E-state index contributed by atoms with van der Waals surface area (Å²) in [6.45, 7) is 4.25. The van der Waals surface area contributed by atoms with E-state index in [1.165, 1.54) is 4.90 Å². The Morgan fingerprint density at radius 3 is 2.67 bits per heavy atom. The molecule has 2 saturated heterocycles. The number of rotatable bonds is 4. The van der Waals surface area contributed by atoms with Gasteiger partial charge in [0.2, 0.25) is 0 Å². The highest BCUT2D eigenvalue weighted by molar-refractivity contribution is 7.99. The summed E-state index contributed by atoms with van der Waals surface area (Å²) in [7, 11) is 0. The number of ether oxygens (including phenoxy) is 3. The highest BCUT2D eigenvalue weighted by atomic mass is 32.2. The normalized spacial score (nSPS) is 31.3. The number of hydrogen-bond acceptors (Lipinski definition) is 5. The SMILES string of the molecule is CC1(C)OC[C@H](C2CC(CSc3ccccc3)C(=O)O2)O1. The van der Waals surface area contributed by atoms with Gasteiger partial charge in [0, 0.05) is 17.1 Å². The summed E-state index contributed by atoms with van der Waals surface area (Å²) in [6.07, 6.45) is 0.388. The first-order chi connectivity index (χ1) is 10.0. The van der Waals surface area contributed by atoms with Crippen molar-refractivity contribution in [1.29, 1.82) is 0 Å². The summed E-state index contributed by atoms with van der Waals surface area (Å²) in [6, 6.07) is 10.1. The van der Waals surface area contributed by atoms with E-state index in [0.29, 0.717) is 13.0 Å². The molecule has 3 rings (SSSR count). The Labute approximate surface area is 129 Å². The van der Waals surface area contributed by atoms with Gasteiger partial charge in [0.1, 0.15) is 12.2 Å². The van der Waals surface area contributed by atoms with Crippen LogP contribution >= 0.6 is 11.8 Å².